The third-order valence-corrected chi connectivity index (χ3v) is 6.92. The van der Waals surface area contributed by atoms with E-state index in [4.69, 9.17) is 9.47 Å². The van der Waals surface area contributed by atoms with Gasteiger partial charge in [-0.1, -0.05) is 12.1 Å². The summed E-state index contributed by atoms with van der Waals surface area (Å²) in [4.78, 5) is 53.3. The first kappa shape index (κ1) is 23.7. The first-order valence-electron chi connectivity index (χ1n) is 11.2. The summed E-state index contributed by atoms with van der Waals surface area (Å²) in [6.07, 6.45) is 1.36. The Kier molecular flexibility index (Phi) is 7.16. The van der Waals surface area contributed by atoms with Crippen molar-refractivity contribution >= 4 is 33.4 Å². The maximum absolute atomic E-state index is 13.4. The third kappa shape index (κ3) is 4.77. The van der Waals surface area contributed by atoms with Crippen LogP contribution < -0.4 is 16.0 Å². The van der Waals surface area contributed by atoms with Crippen LogP contribution in [0.25, 0.3) is 10.2 Å². The van der Waals surface area contributed by atoms with Crippen LogP contribution in [-0.4, -0.2) is 52.7 Å². The van der Waals surface area contributed by atoms with Crippen molar-refractivity contribution in [3.05, 3.63) is 62.1 Å². The highest BCUT2D eigenvalue weighted by atomic mass is 32.1. The molecule has 0 saturated carbocycles. The maximum atomic E-state index is 13.4. The number of hydrogen-bond donors (Lipinski definition) is 0. The Morgan fingerprint density at radius 1 is 1.12 bits per heavy atom. The number of carbonyl (C=O) groups excluding carboxylic acids is 2. The number of likely N-dealkylation sites (tertiary alicyclic amines) is 1. The molecule has 34 heavy (non-hydrogen) atoms. The second kappa shape index (κ2) is 10.3. The summed E-state index contributed by atoms with van der Waals surface area (Å²) in [5.74, 6) is -0.251. The average Bonchev–Trinajstić information content (AvgIpc) is 3.35. The Morgan fingerprint density at radius 2 is 1.88 bits per heavy atom. The fraction of sp³-hybridized carbons (Fsp3) is 0.417. The van der Waals surface area contributed by atoms with Crippen molar-refractivity contribution in [1.29, 1.82) is 0 Å². The lowest BCUT2D eigenvalue weighted by molar-refractivity contribution is -0.151. The van der Waals surface area contributed by atoms with Gasteiger partial charge >= 0.3 is 11.7 Å². The lowest BCUT2D eigenvalue weighted by Gasteiger charge is -2.31. The van der Waals surface area contributed by atoms with Gasteiger partial charge in [0, 0.05) is 13.1 Å². The standard InChI is InChI=1S/C24H27N3O6S/c1-3-33-23(30)17-5-4-11-25(14-17)20(28)15-26-19-10-12-34-21(19)22(29)27(24(26)31)13-16-6-8-18(32-2)9-7-16/h6-10,12,17H,3-5,11,13-15H2,1-2H3/t17-/m0/s1. The van der Waals surface area contributed by atoms with E-state index < -0.39 is 5.69 Å². The van der Waals surface area contributed by atoms with Gasteiger partial charge in [-0.15, -0.1) is 11.3 Å². The van der Waals surface area contributed by atoms with Gasteiger partial charge in [-0.2, -0.15) is 0 Å². The number of hydrogen-bond acceptors (Lipinski definition) is 7. The molecule has 3 aromatic rings. The SMILES string of the molecule is CCOC(=O)[C@H]1CCCN(C(=O)Cn2c(=O)n(Cc3ccc(OC)cc3)c(=O)c3sccc32)C1. The molecule has 0 spiro atoms. The molecule has 3 heterocycles. The minimum Gasteiger partial charge on any atom is -0.497 e. The highest BCUT2D eigenvalue weighted by Crippen LogP contribution is 2.20. The van der Waals surface area contributed by atoms with E-state index in [0.717, 1.165) is 10.1 Å². The Morgan fingerprint density at radius 3 is 2.59 bits per heavy atom. The van der Waals surface area contributed by atoms with E-state index in [0.29, 0.717) is 42.0 Å². The minimum atomic E-state index is -0.543. The molecular formula is C24H27N3O6S. The van der Waals surface area contributed by atoms with Crippen LogP contribution >= 0.6 is 11.3 Å². The second-order valence-corrected chi connectivity index (χ2v) is 9.09. The van der Waals surface area contributed by atoms with Gasteiger partial charge in [0.1, 0.15) is 17.0 Å². The molecule has 1 aromatic carbocycles. The summed E-state index contributed by atoms with van der Waals surface area (Å²) in [7, 11) is 1.57. The van der Waals surface area contributed by atoms with E-state index in [9.17, 15) is 19.2 Å². The first-order chi connectivity index (χ1) is 16.4. The molecule has 1 aliphatic heterocycles. The number of rotatable bonds is 7. The highest BCUT2D eigenvalue weighted by Gasteiger charge is 2.30. The van der Waals surface area contributed by atoms with Gasteiger partial charge in [-0.3, -0.25) is 23.5 Å². The van der Waals surface area contributed by atoms with Crippen LogP contribution in [0.3, 0.4) is 0 Å². The van der Waals surface area contributed by atoms with Crippen molar-refractivity contribution in [3.8, 4) is 5.75 Å². The van der Waals surface area contributed by atoms with E-state index in [2.05, 4.69) is 0 Å². The van der Waals surface area contributed by atoms with Crippen LogP contribution in [-0.2, 0) is 27.4 Å². The van der Waals surface area contributed by atoms with Gasteiger partial charge < -0.3 is 14.4 Å². The van der Waals surface area contributed by atoms with E-state index in [-0.39, 0.29) is 43.0 Å². The predicted octanol–water partition coefficient (Wildman–Crippen LogP) is 2.08. The molecule has 0 N–H and O–H groups in total. The second-order valence-electron chi connectivity index (χ2n) is 8.17. The number of piperidine rings is 1. The molecule has 4 rings (SSSR count). The zero-order chi connectivity index (χ0) is 24.2. The van der Waals surface area contributed by atoms with Gasteiger partial charge in [0.25, 0.3) is 5.56 Å². The molecule has 0 radical (unpaired) electrons. The number of ether oxygens (including phenoxy) is 2. The molecular weight excluding hydrogens is 458 g/mol. The molecule has 9 nitrogen and oxygen atoms in total. The van der Waals surface area contributed by atoms with Crippen molar-refractivity contribution in [2.45, 2.75) is 32.9 Å². The van der Waals surface area contributed by atoms with E-state index in [1.807, 2.05) is 0 Å². The molecule has 10 heteroatoms. The molecule has 0 unspecified atom stereocenters. The summed E-state index contributed by atoms with van der Waals surface area (Å²) in [6, 6.07) is 8.81. The van der Waals surface area contributed by atoms with Crippen molar-refractivity contribution < 1.29 is 19.1 Å². The summed E-state index contributed by atoms with van der Waals surface area (Å²) in [5, 5.41) is 1.74. The van der Waals surface area contributed by atoms with E-state index in [1.165, 1.54) is 15.9 Å². The number of thiophene rings is 1. The Hall–Kier alpha value is -3.40. The topological polar surface area (TPSA) is 99.8 Å². The fourth-order valence-electron chi connectivity index (χ4n) is 4.23. The quantitative estimate of drug-likeness (QED) is 0.475. The molecule has 1 amide bonds. The van der Waals surface area contributed by atoms with E-state index in [1.54, 1.807) is 54.6 Å². The number of esters is 1. The van der Waals surface area contributed by atoms with Crippen molar-refractivity contribution in [1.82, 2.24) is 14.0 Å². The van der Waals surface area contributed by atoms with Gasteiger partial charge in [0.2, 0.25) is 5.91 Å². The van der Waals surface area contributed by atoms with Crippen molar-refractivity contribution in [3.63, 3.8) is 0 Å². The van der Waals surface area contributed by atoms with Gasteiger partial charge in [0.15, 0.2) is 0 Å². The summed E-state index contributed by atoms with van der Waals surface area (Å²) < 4.78 is 13.2. The van der Waals surface area contributed by atoms with Gasteiger partial charge in [-0.25, -0.2) is 4.79 Å². The number of nitrogens with zero attached hydrogens (tertiary/aromatic N) is 3. The molecule has 0 aliphatic carbocycles. The number of fused-ring (bicyclic) bond motifs is 1. The maximum Gasteiger partial charge on any atom is 0.332 e. The van der Waals surface area contributed by atoms with Gasteiger partial charge in [-0.05, 0) is 48.9 Å². The van der Waals surface area contributed by atoms with Crippen LogP contribution in [0, 0.1) is 5.92 Å². The van der Waals surface area contributed by atoms with Crippen LogP contribution in [0.2, 0.25) is 0 Å². The molecule has 1 atom stereocenters. The molecule has 0 bridgehead atoms. The Balaban J connectivity index is 1.62. The van der Waals surface area contributed by atoms with Crippen LogP contribution in [0.5, 0.6) is 5.75 Å². The van der Waals surface area contributed by atoms with Crippen LogP contribution in [0.15, 0.2) is 45.3 Å². The smallest absolute Gasteiger partial charge is 0.332 e. The number of aromatic nitrogens is 2. The Labute approximate surface area is 200 Å². The number of benzene rings is 1. The molecule has 1 saturated heterocycles. The normalized spacial score (nSPS) is 15.9. The average molecular weight is 486 g/mol. The first-order valence-corrected chi connectivity index (χ1v) is 12.1. The zero-order valence-corrected chi connectivity index (χ0v) is 20.0. The highest BCUT2D eigenvalue weighted by molar-refractivity contribution is 7.17. The monoisotopic (exact) mass is 485 g/mol. The van der Waals surface area contributed by atoms with Crippen LogP contribution in [0.1, 0.15) is 25.3 Å². The number of methoxy groups -OCH3 is 1. The predicted molar refractivity (Wildman–Crippen MR) is 128 cm³/mol. The molecule has 180 valence electrons. The lowest BCUT2D eigenvalue weighted by Crippen LogP contribution is -2.47. The fourth-order valence-corrected chi connectivity index (χ4v) is 5.07. The zero-order valence-electron chi connectivity index (χ0n) is 19.2. The minimum absolute atomic E-state index is 0.0817. The summed E-state index contributed by atoms with van der Waals surface area (Å²) in [5.41, 5.74) is 0.286. The molecule has 1 aliphatic rings. The molecule has 2 aromatic heterocycles. The Bertz CT molecular complexity index is 1310. The number of carbonyl (C=O) groups is 2. The summed E-state index contributed by atoms with van der Waals surface area (Å²) in [6.45, 7) is 2.71. The third-order valence-electron chi connectivity index (χ3n) is 6.02. The van der Waals surface area contributed by atoms with Gasteiger partial charge in [0.05, 0.1) is 31.7 Å². The van der Waals surface area contributed by atoms with E-state index >= 15 is 0 Å². The summed E-state index contributed by atoms with van der Waals surface area (Å²) >= 11 is 1.24. The van der Waals surface area contributed by atoms with Crippen molar-refractivity contribution in [2.75, 3.05) is 26.8 Å². The lowest BCUT2D eigenvalue weighted by atomic mass is 9.98. The number of amides is 1. The van der Waals surface area contributed by atoms with Crippen LogP contribution in [0.4, 0.5) is 0 Å². The largest absolute Gasteiger partial charge is 0.497 e. The van der Waals surface area contributed by atoms with Crippen molar-refractivity contribution in [2.24, 2.45) is 5.92 Å². The molecule has 1 fully saturated rings.